The Labute approximate surface area is 168 Å². The number of fused-ring (bicyclic) bond motifs is 1. The zero-order chi connectivity index (χ0) is 20.8. The van der Waals surface area contributed by atoms with Crippen LogP contribution in [0.4, 0.5) is 0 Å². The molecule has 2 N–H and O–H groups in total. The summed E-state index contributed by atoms with van der Waals surface area (Å²) < 4.78 is 17.3. The molecule has 1 saturated heterocycles. The van der Waals surface area contributed by atoms with Crippen LogP contribution < -0.4 is 4.74 Å². The van der Waals surface area contributed by atoms with Crippen molar-refractivity contribution in [1.82, 2.24) is 9.97 Å². The number of hydrogen-bond acceptors (Lipinski definition) is 5. The Kier molecular flexibility index (Phi) is 4.80. The number of H-pyrrole nitrogens is 1. The Bertz CT molecular complexity index is 1060. The topological polar surface area (TPSA) is 93.7 Å². The average Bonchev–Trinajstić information content (AvgIpc) is 3.21. The van der Waals surface area contributed by atoms with E-state index in [1.54, 1.807) is 18.2 Å². The van der Waals surface area contributed by atoms with Crippen LogP contribution in [-0.2, 0) is 9.47 Å². The molecule has 0 aliphatic carbocycles. The molecule has 0 saturated carbocycles. The van der Waals surface area contributed by atoms with Crippen molar-refractivity contribution < 1.29 is 24.1 Å². The zero-order valence-corrected chi connectivity index (χ0v) is 16.9. The largest absolute Gasteiger partial charge is 0.491 e. The number of carbonyl (C=O) groups is 1. The predicted molar refractivity (Wildman–Crippen MR) is 108 cm³/mol. The van der Waals surface area contributed by atoms with Gasteiger partial charge in [-0.1, -0.05) is 0 Å². The Morgan fingerprint density at radius 2 is 2.00 bits per heavy atom. The molecule has 2 aromatic carbocycles. The molecule has 1 aliphatic heterocycles. The first-order valence-corrected chi connectivity index (χ1v) is 9.51. The second kappa shape index (κ2) is 7.17. The van der Waals surface area contributed by atoms with E-state index in [1.165, 1.54) is 0 Å². The Morgan fingerprint density at radius 3 is 2.62 bits per heavy atom. The lowest BCUT2D eigenvalue weighted by atomic mass is 10.0. The number of benzene rings is 2. The van der Waals surface area contributed by atoms with Gasteiger partial charge in [0.2, 0.25) is 0 Å². The first-order chi connectivity index (χ1) is 13.7. The molecule has 3 aromatic rings. The van der Waals surface area contributed by atoms with E-state index in [4.69, 9.17) is 14.2 Å². The minimum absolute atomic E-state index is 0.0934. The number of hydrogen-bond donors (Lipinski definition) is 2. The highest BCUT2D eigenvalue weighted by atomic mass is 16.7. The number of imidazole rings is 1. The number of ether oxygens (including phenoxy) is 3. The molecule has 1 aromatic heterocycles. The van der Waals surface area contributed by atoms with Crippen molar-refractivity contribution in [1.29, 1.82) is 0 Å². The van der Waals surface area contributed by atoms with E-state index in [0.29, 0.717) is 24.6 Å². The van der Waals surface area contributed by atoms with E-state index < -0.39 is 11.8 Å². The zero-order valence-electron chi connectivity index (χ0n) is 16.9. The quantitative estimate of drug-likeness (QED) is 0.675. The normalized spacial score (nSPS) is 18.3. The van der Waals surface area contributed by atoms with E-state index in [-0.39, 0.29) is 11.7 Å². The summed E-state index contributed by atoms with van der Waals surface area (Å²) in [4.78, 5) is 19.1. The van der Waals surface area contributed by atoms with Gasteiger partial charge >= 0.3 is 5.97 Å². The van der Waals surface area contributed by atoms with Gasteiger partial charge in [0.05, 0.1) is 23.2 Å². The number of rotatable bonds is 5. The standard InChI is InChI=1S/C22H24N2O5/c1-12-7-15(27-10-16-11-28-22(3,4)29-16)8-13(2)19(12)20-23-17-6-5-14(21(25)26)9-18(17)24-20/h5-9,16H,10-11H2,1-4H3,(H,23,24)(H,25,26)/t16-/m1/s1. The molecule has 152 valence electrons. The Hall–Kier alpha value is -2.90. The molecule has 1 aliphatic rings. The monoisotopic (exact) mass is 396 g/mol. The van der Waals surface area contributed by atoms with Crippen LogP contribution in [0.1, 0.15) is 35.3 Å². The van der Waals surface area contributed by atoms with E-state index >= 15 is 0 Å². The molecular weight excluding hydrogens is 372 g/mol. The summed E-state index contributed by atoms with van der Waals surface area (Å²) >= 11 is 0. The van der Waals surface area contributed by atoms with Crippen molar-refractivity contribution in [2.75, 3.05) is 13.2 Å². The van der Waals surface area contributed by atoms with Gasteiger partial charge < -0.3 is 24.3 Å². The molecule has 0 spiro atoms. The lowest BCUT2D eigenvalue weighted by Crippen LogP contribution is -2.25. The number of carboxylic acid groups (broad SMARTS) is 1. The molecule has 0 unspecified atom stereocenters. The van der Waals surface area contributed by atoms with Crippen molar-refractivity contribution in [2.24, 2.45) is 0 Å². The number of aromatic amines is 1. The van der Waals surface area contributed by atoms with Crippen LogP contribution in [-0.4, -0.2) is 46.1 Å². The molecule has 0 radical (unpaired) electrons. The van der Waals surface area contributed by atoms with Gasteiger partial charge in [-0.05, 0) is 69.2 Å². The molecule has 0 amide bonds. The number of aromatic carboxylic acids is 1. The fourth-order valence-corrected chi connectivity index (χ4v) is 3.68. The first-order valence-electron chi connectivity index (χ1n) is 9.51. The number of aromatic nitrogens is 2. The molecule has 2 heterocycles. The third-order valence-electron chi connectivity index (χ3n) is 4.98. The summed E-state index contributed by atoms with van der Waals surface area (Å²) in [5, 5.41) is 9.18. The number of aryl methyl sites for hydroxylation is 2. The maximum Gasteiger partial charge on any atom is 0.335 e. The van der Waals surface area contributed by atoms with Crippen molar-refractivity contribution in [3.05, 3.63) is 47.0 Å². The van der Waals surface area contributed by atoms with Gasteiger partial charge in [-0.15, -0.1) is 0 Å². The van der Waals surface area contributed by atoms with Gasteiger partial charge in [0.1, 0.15) is 24.3 Å². The first kappa shape index (κ1) is 19.4. The van der Waals surface area contributed by atoms with Crippen LogP contribution in [0.2, 0.25) is 0 Å². The maximum atomic E-state index is 11.2. The smallest absolute Gasteiger partial charge is 0.335 e. The van der Waals surface area contributed by atoms with Gasteiger partial charge in [0.15, 0.2) is 5.79 Å². The molecule has 4 rings (SSSR count). The summed E-state index contributed by atoms with van der Waals surface area (Å²) in [5.74, 6) is -0.0532. The van der Waals surface area contributed by atoms with Crippen molar-refractivity contribution in [3.63, 3.8) is 0 Å². The minimum Gasteiger partial charge on any atom is -0.491 e. The van der Waals surface area contributed by atoms with E-state index in [1.807, 2.05) is 39.8 Å². The number of nitrogens with one attached hydrogen (secondary N) is 1. The van der Waals surface area contributed by atoms with Gasteiger partial charge in [-0.2, -0.15) is 0 Å². The summed E-state index contributed by atoms with van der Waals surface area (Å²) in [6.45, 7) is 8.73. The van der Waals surface area contributed by atoms with E-state index in [2.05, 4.69) is 9.97 Å². The lowest BCUT2D eigenvalue weighted by molar-refractivity contribution is -0.141. The molecular formula is C22H24N2O5. The van der Waals surface area contributed by atoms with Crippen molar-refractivity contribution in [2.45, 2.75) is 39.6 Å². The van der Waals surface area contributed by atoms with E-state index in [0.717, 1.165) is 28.0 Å². The molecule has 7 heteroatoms. The summed E-state index contributed by atoms with van der Waals surface area (Å²) in [6.07, 6.45) is -0.0934. The molecule has 7 nitrogen and oxygen atoms in total. The fraction of sp³-hybridized carbons (Fsp3) is 0.364. The van der Waals surface area contributed by atoms with Crippen LogP contribution in [0.5, 0.6) is 5.75 Å². The van der Waals surface area contributed by atoms with Gasteiger partial charge in [0, 0.05) is 5.56 Å². The molecule has 1 fully saturated rings. The van der Waals surface area contributed by atoms with Crippen LogP contribution in [0, 0.1) is 13.8 Å². The SMILES string of the molecule is Cc1cc(OC[C@@H]2COC(C)(C)O2)cc(C)c1-c1nc2ccc(C(=O)O)cc2[nH]1. The summed E-state index contributed by atoms with van der Waals surface area (Å²) in [5.41, 5.74) is 4.66. The van der Waals surface area contributed by atoms with E-state index in [9.17, 15) is 9.90 Å². The minimum atomic E-state index is -0.961. The van der Waals surface area contributed by atoms with Gasteiger partial charge in [-0.25, -0.2) is 9.78 Å². The van der Waals surface area contributed by atoms with Crippen LogP contribution >= 0.6 is 0 Å². The van der Waals surface area contributed by atoms with Crippen molar-refractivity contribution in [3.8, 4) is 17.1 Å². The summed E-state index contributed by atoms with van der Waals surface area (Å²) in [6, 6.07) is 8.81. The number of nitrogens with zero attached hydrogens (tertiary/aromatic N) is 1. The lowest BCUT2D eigenvalue weighted by Gasteiger charge is -2.18. The highest BCUT2D eigenvalue weighted by Crippen LogP contribution is 2.31. The third-order valence-corrected chi connectivity index (χ3v) is 4.98. The van der Waals surface area contributed by atoms with Crippen LogP contribution in [0.15, 0.2) is 30.3 Å². The highest BCUT2D eigenvalue weighted by Gasteiger charge is 2.33. The van der Waals surface area contributed by atoms with Crippen molar-refractivity contribution >= 4 is 17.0 Å². The second-order valence-electron chi connectivity index (χ2n) is 7.82. The Morgan fingerprint density at radius 1 is 1.28 bits per heavy atom. The second-order valence-corrected chi connectivity index (χ2v) is 7.82. The molecule has 1 atom stereocenters. The van der Waals surface area contributed by atoms with Crippen LogP contribution in [0.3, 0.4) is 0 Å². The average molecular weight is 396 g/mol. The Balaban J connectivity index is 1.57. The predicted octanol–water partition coefficient (Wildman–Crippen LogP) is 4.08. The molecule has 0 bridgehead atoms. The fourth-order valence-electron chi connectivity index (χ4n) is 3.68. The molecule has 29 heavy (non-hydrogen) atoms. The summed E-state index contributed by atoms with van der Waals surface area (Å²) in [7, 11) is 0. The maximum absolute atomic E-state index is 11.2. The third kappa shape index (κ3) is 3.97. The van der Waals surface area contributed by atoms with Gasteiger partial charge in [-0.3, -0.25) is 0 Å². The van der Waals surface area contributed by atoms with Gasteiger partial charge in [0.25, 0.3) is 0 Å². The van der Waals surface area contributed by atoms with Crippen LogP contribution in [0.25, 0.3) is 22.4 Å². The highest BCUT2D eigenvalue weighted by molar-refractivity contribution is 5.93. The number of carboxylic acids is 1.